The van der Waals surface area contributed by atoms with Crippen LogP contribution in [-0.4, -0.2) is 61.2 Å². The molecule has 2 aliphatic rings. The Balaban J connectivity index is 1.62. The molecule has 0 aromatic heterocycles. The molecule has 1 aromatic rings. The molecule has 1 saturated carbocycles. The molecule has 1 aromatic carbocycles. The van der Waals surface area contributed by atoms with Crippen LogP contribution >= 0.6 is 0 Å². The summed E-state index contributed by atoms with van der Waals surface area (Å²) >= 11 is 0. The van der Waals surface area contributed by atoms with Gasteiger partial charge in [-0.05, 0) is 43.9 Å². The molecule has 4 N–H and O–H groups in total. The van der Waals surface area contributed by atoms with Gasteiger partial charge in [-0.2, -0.15) is 0 Å². The maximum absolute atomic E-state index is 13.1. The Bertz CT molecular complexity index is 832. The van der Waals surface area contributed by atoms with E-state index in [0.717, 1.165) is 31.2 Å². The molecule has 1 saturated heterocycles. The van der Waals surface area contributed by atoms with E-state index in [1.54, 1.807) is 31.2 Å². The van der Waals surface area contributed by atoms with Crippen LogP contribution in [0.3, 0.4) is 0 Å². The molecular formula is C20H31N5O3S. The van der Waals surface area contributed by atoms with E-state index in [2.05, 4.69) is 5.32 Å². The molecule has 1 aliphatic heterocycles. The van der Waals surface area contributed by atoms with Crippen LogP contribution in [0, 0.1) is 5.41 Å². The summed E-state index contributed by atoms with van der Waals surface area (Å²) in [5, 5.41) is 11.2. The second kappa shape index (κ2) is 9.13. The smallest absolute Gasteiger partial charge is 0.266 e. The molecule has 1 heterocycles. The van der Waals surface area contributed by atoms with E-state index in [4.69, 9.17) is 11.1 Å². The van der Waals surface area contributed by atoms with Crippen LogP contribution in [0.15, 0.2) is 29.2 Å². The summed E-state index contributed by atoms with van der Waals surface area (Å²) in [6.07, 6.45) is 6.17. The average molecular weight is 422 g/mol. The van der Waals surface area contributed by atoms with Crippen molar-refractivity contribution in [2.24, 2.45) is 5.73 Å². The highest BCUT2D eigenvalue weighted by molar-refractivity contribution is 7.89. The van der Waals surface area contributed by atoms with Gasteiger partial charge in [0.25, 0.3) is 10.0 Å². The first kappa shape index (κ1) is 21.6. The van der Waals surface area contributed by atoms with E-state index in [0.29, 0.717) is 26.1 Å². The van der Waals surface area contributed by atoms with E-state index in [1.165, 1.54) is 10.7 Å². The Morgan fingerprint density at radius 3 is 2.48 bits per heavy atom. The van der Waals surface area contributed by atoms with E-state index < -0.39 is 16.1 Å². The van der Waals surface area contributed by atoms with Gasteiger partial charge in [0.05, 0.1) is 17.5 Å². The summed E-state index contributed by atoms with van der Waals surface area (Å²) in [6.45, 7) is 2.97. The molecule has 1 aliphatic carbocycles. The fourth-order valence-electron chi connectivity index (χ4n) is 3.98. The first-order valence-corrected chi connectivity index (χ1v) is 11.7. The largest absolute Gasteiger partial charge is 0.354 e. The zero-order valence-electron chi connectivity index (χ0n) is 16.9. The minimum atomic E-state index is -3.74. The molecule has 1 unspecified atom stereocenters. The van der Waals surface area contributed by atoms with E-state index in [-0.39, 0.29) is 22.8 Å². The average Bonchev–Trinajstić information content (AvgIpc) is 3.11. The van der Waals surface area contributed by atoms with Crippen molar-refractivity contribution in [1.29, 1.82) is 5.41 Å². The number of nitrogens with two attached hydrogens (primary N) is 1. The van der Waals surface area contributed by atoms with Gasteiger partial charge in [-0.15, -0.1) is 0 Å². The van der Waals surface area contributed by atoms with Gasteiger partial charge in [-0.3, -0.25) is 10.2 Å². The van der Waals surface area contributed by atoms with Crippen LogP contribution < -0.4 is 11.1 Å². The van der Waals surface area contributed by atoms with Crippen molar-refractivity contribution >= 4 is 21.9 Å². The summed E-state index contributed by atoms with van der Waals surface area (Å²) in [5.41, 5.74) is 6.43. The second-order valence-corrected chi connectivity index (χ2v) is 9.72. The van der Waals surface area contributed by atoms with Gasteiger partial charge in [0.1, 0.15) is 0 Å². The summed E-state index contributed by atoms with van der Waals surface area (Å²) in [5.74, 6) is -0.112. The standard InChI is InChI=1S/C20H31N5O3S/c1-15(21)19(26)23-12-11-16-7-9-18(10-8-16)29(27,28)25-14-13-24(20(25)22)17-5-3-2-4-6-17/h7-10,15,17,22H,2-6,11-14,21H2,1H3,(H,23,26). The Labute approximate surface area is 173 Å². The molecule has 29 heavy (non-hydrogen) atoms. The van der Waals surface area contributed by atoms with Gasteiger partial charge in [0, 0.05) is 19.1 Å². The maximum Gasteiger partial charge on any atom is 0.266 e. The van der Waals surface area contributed by atoms with Gasteiger partial charge in [-0.25, -0.2) is 12.7 Å². The number of sulfonamides is 1. The highest BCUT2D eigenvalue weighted by atomic mass is 32.2. The molecule has 8 nitrogen and oxygen atoms in total. The molecule has 2 fully saturated rings. The summed E-state index contributed by atoms with van der Waals surface area (Å²) in [6, 6.07) is 6.40. The normalized spacial score (nSPS) is 19.4. The van der Waals surface area contributed by atoms with Crippen molar-refractivity contribution in [3.05, 3.63) is 29.8 Å². The minimum absolute atomic E-state index is 0.0968. The third-order valence-corrected chi connectivity index (χ3v) is 7.51. The highest BCUT2D eigenvalue weighted by Gasteiger charge is 2.38. The number of hydrogen-bond acceptors (Lipinski definition) is 5. The number of nitrogens with one attached hydrogen (secondary N) is 2. The van der Waals surface area contributed by atoms with Gasteiger partial charge in [-0.1, -0.05) is 31.4 Å². The van der Waals surface area contributed by atoms with Gasteiger partial charge >= 0.3 is 0 Å². The van der Waals surface area contributed by atoms with E-state index in [1.807, 2.05) is 4.90 Å². The van der Waals surface area contributed by atoms with Gasteiger partial charge in [0.2, 0.25) is 11.9 Å². The van der Waals surface area contributed by atoms with Crippen molar-refractivity contribution in [3.63, 3.8) is 0 Å². The molecule has 0 bridgehead atoms. The quantitative estimate of drug-likeness (QED) is 0.612. The topological polar surface area (TPSA) is 120 Å². The Morgan fingerprint density at radius 1 is 1.21 bits per heavy atom. The predicted octanol–water partition coefficient (Wildman–Crippen LogP) is 1.27. The van der Waals surface area contributed by atoms with Crippen molar-refractivity contribution in [1.82, 2.24) is 14.5 Å². The third kappa shape index (κ3) is 4.90. The first-order chi connectivity index (χ1) is 13.8. The lowest BCUT2D eigenvalue weighted by Crippen LogP contribution is -2.42. The van der Waals surface area contributed by atoms with Crippen molar-refractivity contribution in [2.45, 2.75) is 62.4 Å². The second-order valence-electron chi connectivity index (χ2n) is 7.86. The number of hydrogen-bond donors (Lipinski definition) is 3. The number of carbonyl (C=O) groups is 1. The van der Waals surface area contributed by atoms with Crippen LogP contribution in [-0.2, 0) is 21.2 Å². The van der Waals surface area contributed by atoms with E-state index in [9.17, 15) is 13.2 Å². The molecule has 0 spiro atoms. The molecular weight excluding hydrogens is 390 g/mol. The zero-order valence-corrected chi connectivity index (χ0v) is 17.7. The van der Waals surface area contributed by atoms with Crippen molar-refractivity contribution < 1.29 is 13.2 Å². The van der Waals surface area contributed by atoms with Gasteiger partial charge in [0.15, 0.2) is 0 Å². The number of nitrogens with zero attached hydrogens (tertiary/aromatic N) is 2. The van der Waals surface area contributed by atoms with Crippen molar-refractivity contribution in [3.8, 4) is 0 Å². The molecule has 1 amide bonds. The zero-order chi connectivity index (χ0) is 21.0. The van der Waals surface area contributed by atoms with Crippen LogP contribution in [0.25, 0.3) is 0 Å². The number of guanidine groups is 1. The Kier molecular flexibility index (Phi) is 6.79. The van der Waals surface area contributed by atoms with Crippen LogP contribution in [0.5, 0.6) is 0 Å². The SMILES string of the molecule is CC(N)C(=O)NCCc1ccc(S(=O)(=O)N2CCN(C3CCCCC3)C2=N)cc1. The Hall–Kier alpha value is -2.13. The number of rotatable bonds is 7. The summed E-state index contributed by atoms with van der Waals surface area (Å²) in [7, 11) is -3.74. The molecule has 3 rings (SSSR count). The molecule has 0 radical (unpaired) electrons. The van der Waals surface area contributed by atoms with Crippen LogP contribution in [0.2, 0.25) is 0 Å². The maximum atomic E-state index is 13.1. The predicted molar refractivity (Wildman–Crippen MR) is 112 cm³/mol. The highest BCUT2D eigenvalue weighted by Crippen LogP contribution is 2.28. The molecule has 1 atom stereocenters. The first-order valence-electron chi connectivity index (χ1n) is 10.3. The summed E-state index contributed by atoms with van der Waals surface area (Å²) in [4.78, 5) is 13.6. The van der Waals surface area contributed by atoms with Crippen molar-refractivity contribution in [2.75, 3.05) is 19.6 Å². The summed E-state index contributed by atoms with van der Waals surface area (Å²) < 4.78 is 27.3. The lowest BCUT2D eigenvalue weighted by atomic mass is 9.94. The number of carbonyl (C=O) groups excluding carboxylic acids is 1. The lowest BCUT2D eigenvalue weighted by Gasteiger charge is -2.32. The van der Waals surface area contributed by atoms with Crippen LogP contribution in [0.4, 0.5) is 0 Å². The van der Waals surface area contributed by atoms with Gasteiger partial charge < -0.3 is 16.0 Å². The minimum Gasteiger partial charge on any atom is -0.354 e. The fraction of sp³-hybridized carbons (Fsp3) is 0.600. The number of benzene rings is 1. The fourth-order valence-corrected chi connectivity index (χ4v) is 5.37. The van der Waals surface area contributed by atoms with E-state index >= 15 is 0 Å². The number of amides is 1. The monoisotopic (exact) mass is 421 g/mol. The lowest BCUT2D eigenvalue weighted by molar-refractivity contribution is -0.121. The molecule has 160 valence electrons. The van der Waals surface area contributed by atoms with Crippen LogP contribution in [0.1, 0.15) is 44.6 Å². The Morgan fingerprint density at radius 2 is 1.86 bits per heavy atom. The third-order valence-electron chi connectivity index (χ3n) is 5.71. The molecule has 9 heteroatoms.